The van der Waals surface area contributed by atoms with Crippen molar-refractivity contribution in [2.24, 2.45) is 5.73 Å². The minimum absolute atomic E-state index is 0.0124. The zero-order chi connectivity index (χ0) is 38.4. The standard InChI is InChI=1S/C34H33F4N11O4/c1-5-48-26(11-18(3)44-48)29(52)42-31-40-22-13-20(15-50)7-9-24(22)46(31)16-33(35,36)34(37,38)17-47-25-10-8-21(28(39)51)14-23(25)41-32(47)43-30(53)27-12-19(4)45-49(27)6-2/h7-15H,5-6,16-17H2,1-4H3,(H2,39,51)(H,40,42,52)(H,41,43,53). The van der Waals surface area contributed by atoms with Gasteiger partial charge in [-0.25, -0.2) is 9.97 Å². The first-order chi connectivity index (χ1) is 25.0. The highest BCUT2D eigenvalue weighted by Crippen LogP contribution is 2.40. The molecule has 0 fully saturated rings. The van der Waals surface area contributed by atoms with Crippen LogP contribution in [0, 0.1) is 13.8 Å². The Labute approximate surface area is 297 Å². The minimum Gasteiger partial charge on any atom is -0.366 e. The number of aromatic nitrogens is 8. The molecule has 0 aliphatic carbocycles. The molecule has 3 amide bonds. The van der Waals surface area contributed by atoms with E-state index in [1.54, 1.807) is 27.7 Å². The van der Waals surface area contributed by atoms with Crippen LogP contribution in [-0.2, 0) is 26.2 Å². The lowest BCUT2D eigenvalue weighted by atomic mass is 10.1. The number of nitrogens with one attached hydrogen (secondary N) is 2. The van der Waals surface area contributed by atoms with Crippen molar-refractivity contribution >= 4 is 58.0 Å². The van der Waals surface area contributed by atoms with Crippen molar-refractivity contribution < 1.29 is 36.7 Å². The molecule has 0 radical (unpaired) electrons. The van der Waals surface area contributed by atoms with E-state index in [1.165, 1.54) is 57.9 Å². The number of halogens is 4. The molecule has 0 aliphatic heterocycles. The van der Waals surface area contributed by atoms with Crippen LogP contribution in [0.4, 0.5) is 29.5 Å². The number of anilines is 2. The van der Waals surface area contributed by atoms with Crippen LogP contribution in [0.2, 0.25) is 0 Å². The second-order valence-corrected chi connectivity index (χ2v) is 12.3. The Morgan fingerprint density at radius 3 is 1.62 bits per heavy atom. The van der Waals surface area contributed by atoms with E-state index < -0.39 is 54.6 Å². The molecule has 4 N–H and O–H groups in total. The van der Waals surface area contributed by atoms with Gasteiger partial charge in [0.25, 0.3) is 11.8 Å². The first-order valence-electron chi connectivity index (χ1n) is 16.3. The van der Waals surface area contributed by atoms with E-state index in [4.69, 9.17) is 5.73 Å². The van der Waals surface area contributed by atoms with Crippen molar-refractivity contribution in [2.45, 2.75) is 65.7 Å². The summed E-state index contributed by atoms with van der Waals surface area (Å²) in [6.07, 6.45) is 0.497. The first kappa shape index (κ1) is 36.4. The van der Waals surface area contributed by atoms with Gasteiger partial charge in [0, 0.05) is 24.2 Å². The lowest BCUT2D eigenvalue weighted by Gasteiger charge is -2.28. The Morgan fingerprint density at radius 1 is 0.736 bits per heavy atom. The summed E-state index contributed by atoms with van der Waals surface area (Å²) in [5.41, 5.74) is 6.37. The molecule has 0 aliphatic rings. The summed E-state index contributed by atoms with van der Waals surface area (Å²) in [5.74, 6) is -13.1. The number of rotatable bonds is 13. The van der Waals surface area contributed by atoms with Gasteiger partial charge in [0.05, 0.1) is 46.5 Å². The maximum Gasteiger partial charge on any atom is 0.329 e. The van der Waals surface area contributed by atoms with Crippen LogP contribution in [0.5, 0.6) is 0 Å². The fraction of sp³-hybridized carbons (Fsp3) is 0.294. The van der Waals surface area contributed by atoms with Crippen molar-refractivity contribution in [3.05, 3.63) is 82.4 Å². The molecule has 0 spiro atoms. The van der Waals surface area contributed by atoms with Crippen molar-refractivity contribution in [3.63, 3.8) is 0 Å². The molecule has 6 rings (SSSR count). The summed E-state index contributed by atoms with van der Waals surface area (Å²) in [4.78, 5) is 58.3. The molecule has 15 nitrogen and oxygen atoms in total. The Bertz CT molecular complexity index is 2430. The summed E-state index contributed by atoms with van der Waals surface area (Å²) in [6, 6.07) is 10.4. The fourth-order valence-electron chi connectivity index (χ4n) is 5.91. The number of nitrogens with two attached hydrogens (primary N) is 1. The third kappa shape index (κ3) is 6.84. The molecular formula is C34H33F4N11O4. The Morgan fingerprint density at radius 2 is 1.19 bits per heavy atom. The maximum absolute atomic E-state index is 16.2. The second kappa shape index (κ2) is 13.6. The van der Waals surface area contributed by atoms with Crippen LogP contribution in [0.15, 0.2) is 48.5 Å². The SMILES string of the molecule is CCn1nc(C)cc1C(=O)Nc1nc2cc(C=O)ccc2n1CC(F)(F)C(F)(F)Cn1c(NC(=O)c2cc(C)nn2CC)nc2cc(C(N)=O)ccc21. The van der Waals surface area contributed by atoms with Crippen LogP contribution in [0.1, 0.15) is 66.9 Å². The van der Waals surface area contributed by atoms with E-state index in [2.05, 4.69) is 30.8 Å². The van der Waals surface area contributed by atoms with Gasteiger partial charge in [-0.05, 0) is 76.2 Å². The molecular weight excluding hydrogens is 702 g/mol. The normalized spacial score (nSPS) is 12.1. The lowest BCUT2D eigenvalue weighted by molar-refractivity contribution is -0.220. The van der Waals surface area contributed by atoms with Gasteiger partial charge >= 0.3 is 11.8 Å². The predicted octanol–water partition coefficient (Wildman–Crippen LogP) is 4.82. The Kier molecular flexibility index (Phi) is 9.35. The van der Waals surface area contributed by atoms with Crippen molar-refractivity contribution in [1.29, 1.82) is 0 Å². The maximum atomic E-state index is 16.2. The average molecular weight is 736 g/mol. The number of aldehydes is 1. The summed E-state index contributed by atoms with van der Waals surface area (Å²) in [7, 11) is 0. The molecule has 6 aromatic rings. The third-order valence-electron chi connectivity index (χ3n) is 8.51. The van der Waals surface area contributed by atoms with Gasteiger partial charge < -0.3 is 14.9 Å². The Hall–Kier alpha value is -6.40. The number of carbonyl (C=O) groups is 4. The van der Waals surface area contributed by atoms with Crippen LogP contribution in [-0.4, -0.2) is 74.5 Å². The molecule has 2 aromatic carbocycles. The van der Waals surface area contributed by atoms with Crippen LogP contribution in [0.3, 0.4) is 0 Å². The molecule has 4 heterocycles. The van der Waals surface area contributed by atoms with Crippen LogP contribution >= 0.6 is 0 Å². The minimum atomic E-state index is -4.84. The molecule has 0 atom stereocenters. The highest BCUT2D eigenvalue weighted by Gasteiger charge is 2.57. The summed E-state index contributed by atoms with van der Waals surface area (Å²) < 4.78 is 68.8. The summed E-state index contributed by atoms with van der Waals surface area (Å²) >= 11 is 0. The Balaban J connectivity index is 1.38. The molecule has 0 saturated carbocycles. The van der Waals surface area contributed by atoms with E-state index in [-0.39, 0.29) is 44.6 Å². The zero-order valence-corrected chi connectivity index (χ0v) is 28.8. The number of imidazole rings is 2. The van der Waals surface area contributed by atoms with Crippen molar-refractivity contribution in [3.8, 4) is 0 Å². The number of aryl methyl sites for hydroxylation is 4. The van der Waals surface area contributed by atoms with Gasteiger partial charge in [-0.3, -0.25) is 39.2 Å². The molecule has 19 heteroatoms. The number of hydrogen-bond donors (Lipinski definition) is 3. The van der Waals surface area contributed by atoms with Crippen molar-refractivity contribution in [1.82, 2.24) is 38.7 Å². The first-order valence-corrected chi connectivity index (χ1v) is 16.3. The van der Waals surface area contributed by atoms with Gasteiger partial charge in [-0.15, -0.1) is 0 Å². The number of hydrogen-bond acceptors (Lipinski definition) is 8. The number of nitrogens with zero attached hydrogens (tertiary/aromatic N) is 8. The quantitative estimate of drug-likeness (QED) is 0.111. The van der Waals surface area contributed by atoms with Gasteiger partial charge in [-0.2, -0.15) is 27.8 Å². The summed E-state index contributed by atoms with van der Waals surface area (Å²) in [6.45, 7) is 4.00. The topological polar surface area (TPSA) is 190 Å². The lowest BCUT2D eigenvalue weighted by Crippen LogP contribution is -2.47. The second-order valence-electron chi connectivity index (χ2n) is 12.3. The molecule has 0 bridgehead atoms. The number of primary amides is 1. The number of benzene rings is 2. The van der Waals surface area contributed by atoms with Crippen molar-refractivity contribution in [2.75, 3.05) is 10.6 Å². The van der Waals surface area contributed by atoms with Crippen LogP contribution in [0.25, 0.3) is 22.1 Å². The highest BCUT2D eigenvalue weighted by molar-refractivity contribution is 6.04. The van der Waals surface area contributed by atoms with Gasteiger partial charge in [0.2, 0.25) is 17.8 Å². The number of alkyl halides is 4. The van der Waals surface area contributed by atoms with E-state index in [0.29, 0.717) is 35.3 Å². The van der Waals surface area contributed by atoms with E-state index in [9.17, 15) is 19.2 Å². The molecule has 276 valence electrons. The largest absolute Gasteiger partial charge is 0.366 e. The monoisotopic (exact) mass is 735 g/mol. The third-order valence-corrected chi connectivity index (χ3v) is 8.51. The molecule has 0 unspecified atom stereocenters. The van der Waals surface area contributed by atoms with E-state index in [1.807, 2.05) is 0 Å². The van der Waals surface area contributed by atoms with E-state index in [0.717, 1.165) is 4.57 Å². The molecule has 53 heavy (non-hydrogen) atoms. The number of amides is 3. The molecule has 4 aromatic heterocycles. The molecule has 0 saturated heterocycles. The fourth-order valence-corrected chi connectivity index (χ4v) is 5.91. The number of carbonyl (C=O) groups excluding carboxylic acids is 4. The van der Waals surface area contributed by atoms with Gasteiger partial charge in [0.15, 0.2) is 0 Å². The highest BCUT2D eigenvalue weighted by atomic mass is 19.3. The average Bonchev–Trinajstić information content (AvgIpc) is 3.86. The van der Waals surface area contributed by atoms with Gasteiger partial charge in [0.1, 0.15) is 17.7 Å². The number of fused-ring (bicyclic) bond motifs is 2. The predicted molar refractivity (Wildman–Crippen MR) is 184 cm³/mol. The van der Waals surface area contributed by atoms with E-state index >= 15 is 17.6 Å². The van der Waals surface area contributed by atoms with Gasteiger partial charge in [-0.1, -0.05) is 0 Å². The smallest absolute Gasteiger partial charge is 0.329 e. The zero-order valence-electron chi connectivity index (χ0n) is 28.8. The van der Waals surface area contributed by atoms with Crippen LogP contribution < -0.4 is 16.4 Å². The summed E-state index contributed by atoms with van der Waals surface area (Å²) in [5, 5.41) is 13.3.